The molecule has 0 fully saturated rings. The van der Waals surface area contributed by atoms with Crippen molar-refractivity contribution in [3.8, 4) is 0 Å². The van der Waals surface area contributed by atoms with E-state index < -0.39 is 33.3 Å². The van der Waals surface area contributed by atoms with E-state index >= 15 is 0 Å². The maximum Gasteiger partial charge on any atom is 0.213 e. The number of hydrogen-bond donors (Lipinski definition) is 6. The minimum atomic E-state index is -2.34. The van der Waals surface area contributed by atoms with Gasteiger partial charge in [-0.05, 0) is 221 Å². The predicted molar refractivity (Wildman–Crippen MR) is 558 cm³/mol. The van der Waals surface area contributed by atoms with Gasteiger partial charge < -0.3 is 106 Å². The molecule has 2 aromatic heterocycles. The zero-order valence-corrected chi connectivity index (χ0v) is 93.2. The van der Waals surface area contributed by atoms with Crippen molar-refractivity contribution in [2.45, 2.75) is 248 Å². The number of rotatable bonds is 35. The fraction of sp³-hybridized carbons (Fsp3) is 0.565. The van der Waals surface area contributed by atoms with Crippen LogP contribution in [0.5, 0.6) is 0 Å². The largest absolute Gasteiger partial charge is 0.494 e. The van der Waals surface area contributed by atoms with E-state index in [0.29, 0.717) is 147 Å². The molecule has 0 amide bonds. The summed E-state index contributed by atoms with van der Waals surface area (Å²) in [5, 5.41) is 26.1. The summed E-state index contributed by atoms with van der Waals surface area (Å²) in [7, 11) is 17.0. The van der Waals surface area contributed by atoms with Crippen LogP contribution in [0.3, 0.4) is 0 Å². The number of nitrogens with zero attached hydrogens (tertiary/aromatic N) is 6. The number of carbonyl (C=O) groups excluding carboxylic acids is 5. The van der Waals surface area contributed by atoms with Gasteiger partial charge in [-0.3, -0.25) is 24.0 Å². The Kier molecular flexibility index (Phi) is 39.6. The molecule has 0 spiro atoms. The number of aryl methyl sites for hydroxylation is 2. The third-order valence-electron chi connectivity index (χ3n) is 29.7. The SMILES string of the molecule is COC1=CC=C2C3=C(CC[C@H](NCC[Si](C)(C)O)C2CC1=O)C(OC)=C(OC)[C@H](OC)C3.COC1=CC=C2C3=C(CC[C@H](NCC[Si](C)(C)O)C2CC1=O)C(OC)=C(OC)[C@H](OC)C3.COC1=CC=C2C3=C(CC[C@H](n4cc(CCC(=O)CCc5ccc([Si](C)(C)O)cc5)nn4)C2CC1=O)C(OC)=C(OC)[C@H](OC)C3.COC1=CC=C2C3=C(CC[C@H](n4cc(C[Si](C)(C)O)nn4)C2CC1=O)C(OC)=C(OC)[C@H](OC)C3. The average Bonchev–Trinajstić information content (AvgIpc) is 1.58. The smallest absolute Gasteiger partial charge is 0.213 e. The Balaban J connectivity index is 0.000000174. The first-order valence-corrected chi connectivity index (χ1v) is 62.7. The van der Waals surface area contributed by atoms with E-state index in [1.807, 2.05) is 123 Å². The molecular formula is C108H154N8O25Si4. The van der Waals surface area contributed by atoms with Crippen molar-refractivity contribution in [3.05, 3.63) is 238 Å². The van der Waals surface area contributed by atoms with Crippen LogP contribution in [-0.2, 0) is 119 Å². The minimum Gasteiger partial charge on any atom is -0.494 e. The van der Waals surface area contributed by atoms with Crippen LogP contribution in [0.15, 0.2) is 221 Å². The number of benzene rings is 1. The van der Waals surface area contributed by atoms with Crippen molar-refractivity contribution in [2.75, 3.05) is 127 Å². The maximum absolute atomic E-state index is 13.3. The third-order valence-corrected chi connectivity index (χ3v) is 35.6. The van der Waals surface area contributed by atoms with Crippen LogP contribution in [-0.4, -0.2) is 275 Å². The fourth-order valence-electron chi connectivity index (χ4n) is 22.3. The molecule has 33 nitrogen and oxygen atoms in total. The van der Waals surface area contributed by atoms with E-state index in [0.717, 1.165) is 153 Å². The maximum atomic E-state index is 13.3. The van der Waals surface area contributed by atoms with Gasteiger partial charge in [0.25, 0.3) is 0 Å². The average molecular weight is 2080 g/mol. The second-order valence-corrected chi connectivity index (χ2v) is 56.9. The Labute approximate surface area is 858 Å². The Morgan fingerprint density at radius 1 is 0.359 bits per heavy atom. The second kappa shape index (κ2) is 50.6. The van der Waals surface area contributed by atoms with E-state index in [9.17, 15) is 43.2 Å². The summed E-state index contributed by atoms with van der Waals surface area (Å²) < 4.78 is 94.6. The summed E-state index contributed by atoms with van der Waals surface area (Å²) >= 11 is 0. The van der Waals surface area contributed by atoms with Crippen molar-refractivity contribution in [1.29, 1.82) is 0 Å². The molecule has 0 saturated heterocycles. The topological polar surface area (TPSA) is 399 Å². The van der Waals surface area contributed by atoms with Gasteiger partial charge in [-0.25, -0.2) is 9.36 Å². The molecule has 12 aliphatic rings. The van der Waals surface area contributed by atoms with Crippen LogP contribution in [0, 0.1) is 23.7 Å². The molecular weight excluding hydrogens is 1920 g/mol. The summed E-state index contributed by atoms with van der Waals surface area (Å²) in [4.78, 5) is 106. The molecule has 6 N–H and O–H groups in total. The lowest BCUT2D eigenvalue weighted by Gasteiger charge is -2.32. The Morgan fingerprint density at radius 2 is 0.662 bits per heavy atom. The lowest BCUT2D eigenvalue weighted by Crippen LogP contribution is -2.41. The lowest BCUT2D eigenvalue weighted by molar-refractivity contribution is -0.120. The Morgan fingerprint density at radius 3 is 0.959 bits per heavy atom. The standard InChI is InChI=1S/C35H45N3O7Si.C25H35N3O6Si.2C24H37NO6Si/c1-42-32-18-16-26-28-20-33(43-2)35(45-4)34(44-3)27(28)15-17-30(29(26)19-31(32)40)38-21-23(36-37-38)10-12-24(39)11-7-22-8-13-25(14-9-22)46(5,6)41;1-31-22-10-8-16-18-12-23(32-2)25(34-4)24(33-3)17(18)7-9-20(19(16)11-21(22)29)28-13-15(26-27-28)14-35(5,6)30;2*1-28-21-10-8-15-17-14-22(29-2)24(31-4)23(30-3)16(17)7-9-19(18(15)13-20(21)26)25-11-12-32(5,6)27/h8-9,13-14,16,18,21,29-30,33,41H,7,10-12,15,17,19-20H2,1-6H3;8,10,13,19-20,23,30H,7,9,11-12,14H2,1-6H3;2*8,10,18-19,22,25,27H,7,9,11-14H2,1-6H3/t29?,30-,33+;19?,20-,23+;2*18?,19-,22+/m0000/s1. The first-order valence-electron chi connectivity index (χ1n) is 50.3. The van der Waals surface area contributed by atoms with Crippen LogP contribution >= 0.6 is 0 Å². The van der Waals surface area contributed by atoms with Gasteiger partial charge >= 0.3 is 0 Å². The van der Waals surface area contributed by atoms with Gasteiger partial charge in [0.05, 0.1) is 109 Å². The molecule has 3 aromatic rings. The lowest BCUT2D eigenvalue weighted by atomic mass is 9.80. The summed E-state index contributed by atoms with van der Waals surface area (Å²) in [6.45, 7) is 16.8. The molecule has 0 saturated carbocycles. The molecule has 15 rings (SSSR count). The fourth-order valence-corrected chi connectivity index (χ4v) is 25.8. The highest BCUT2D eigenvalue weighted by Crippen LogP contribution is 2.54. The van der Waals surface area contributed by atoms with Crippen molar-refractivity contribution in [1.82, 2.24) is 40.6 Å². The molecule has 4 unspecified atom stereocenters. The number of allylic oxidation sites excluding steroid dienone is 18. The first kappa shape index (κ1) is 113. The molecule has 0 bridgehead atoms. The van der Waals surface area contributed by atoms with Crippen molar-refractivity contribution < 1.29 is 119 Å². The number of nitrogens with one attached hydrogen (secondary N) is 2. The second-order valence-electron chi connectivity index (χ2n) is 41.0. The molecule has 12 aliphatic carbocycles. The molecule has 1 aromatic carbocycles. The van der Waals surface area contributed by atoms with Gasteiger partial charge in [-0.1, -0.05) is 59.0 Å². The highest BCUT2D eigenvalue weighted by molar-refractivity contribution is 6.83. The monoisotopic (exact) mass is 2080 g/mol. The number of hydrogen-bond acceptors (Lipinski definition) is 31. The molecule has 2 heterocycles. The quantitative estimate of drug-likeness (QED) is 0.0298. The van der Waals surface area contributed by atoms with Gasteiger partial charge in [0.2, 0.25) is 8.32 Å². The Bertz CT molecular complexity index is 5610. The van der Waals surface area contributed by atoms with Gasteiger partial charge in [0.15, 0.2) is 117 Å². The van der Waals surface area contributed by atoms with Crippen LogP contribution in [0.2, 0.25) is 64.5 Å². The first-order chi connectivity index (χ1) is 69.2. The summed E-state index contributed by atoms with van der Waals surface area (Å²) in [6, 6.07) is 9.94. The van der Waals surface area contributed by atoms with Crippen molar-refractivity contribution >= 4 is 67.4 Å². The minimum absolute atomic E-state index is 0.00192. The summed E-state index contributed by atoms with van der Waals surface area (Å²) in [5.41, 5.74) is 15.9. The number of ketones is 5. The van der Waals surface area contributed by atoms with Gasteiger partial charge in [0, 0.05) is 169 Å². The van der Waals surface area contributed by atoms with Crippen molar-refractivity contribution in [2.24, 2.45) is 23.7 Å². The van der Waals surface area contributed by atoms with Crippen molar-refractivity contribution in [3.63, 3.8) is 0 Å². The van der Waals surface area contributed by atoms with E-state index in [-0.39, 0.29) is 108 Å². The third kappa shape index (κ3) is 27.1. The van der Waals surface area contributed by atoms with E-state index in [2.05, 4.69) is 31.3 Å². The highest BCUT2D eigenvalue weighted by atomic mass is 28.4. The number of carbonyl (C=O) groups is 5. The number of aromatic nitrogens is 6. The zero-order valence-electron chi connectivity index (χ0n) is 89.2. The Hall–Kier alpha value is -10.2. The summed E-state index contributed by atoms with van der Waals surface area (Å²) in [5.74, 6) is 6.83. The molecule has 792 valence electrons. The van der Waals surface area contributed by atoms with E-state index in [4.69, 9.17) is 75.8 Å². The summed E-state index contributed by atoms with van der Waals surface area (Å²) in [6.07, 6.45) is 29.9. The van der Waals surface area contributed by atoms with Gasteiger partial charge in [0.1, 0.15) is 30.2 Å². The highest BCUT2D eigenvalue weighted by Gasteiger charge is 2.48. The van der Waals surface area contributed by atoms with Gasteiger partial charge in [-0.2, -0.15) is 0 Å². The molecule has 12 atom stereocenters. The number of Topliss-reactive ketones (excluding diaryl/α,β-unsaturated/α-hetero) is 5. The van der Waals surface area contributed by atoms with Crippen LogP contribution in [0.1, 0.15) is 145 Å². The van der Waals surface area contributed by atoms with Crippen LogP contribution in [0.4, 0.5) is 0 Å². The molecule has 37 heteroatoms. The van der Waals surface area contributed by atoms with Crippen LogP contribution in [0.25, 0.3) is 0 Å². The van der Waals surface area contributed by atoms with E-state index in [1.165, 1.54) is 39.6 Å². The zero-order chi connectivity index (χ0) is 105. The number of methoxy groups -OCH3 is 16. The molecule has 0 aliphatic heterocycles. The number of ether oxygens (including phenoxy) is 16. The molecule has 0 radical (unpaired) electrons. The normalized spacial score (nSPS) is 24.7. The predicted octanol–water partition coefficient (Wildman–Crippen LogP) is 14.0. The number of fused-ring (bicyclic) bond motifs is 8. The molecule has 145 heavy (non-hydrogen) atoms. The van der Waals surface area contributed by atoms with E-state index in [1.54, 1.807) is 110 Å². The van der Waals surface area contributed by atoms with Crippen LogP contribution < -0.4 is 15.8 Å². The van der Waals surface area contributed by atoms with Gasteiger partial charge in [-0.15, -0.1) is 10.2 Å².